The number of carboxylic acid groups (broad SMARTS) is 1. The van der Waals surface area contributed by atoms with Crippen molar-refractivity contribution in [3.63, 3.8) is 0 Å². The lowest BCUT2D eigenvalue weighted by Gasteiger charge is -1.85. The van der Waals surface area contributed by atoms with E-state index in [2.05, 4.69) is 6.42 Å². The molecule has 0 radical (unpaired) electrons. The van der Waals surface area contributed by atoms with Crippen LogP contribution in [0.4, 0.5) is 0 Å². The van der Waals surface area contributed by atoms with E-state index < -0.39 is 25.1 Å². The highest BCUT2D eigenvalue weighted by atomic mass is 16.4. The van der Waals surface area contributed by atoms with Crippen molar-refractivity contribution in [1.82, 2.24) is 0 Å². The highest BCUT2D eigenvalue weighted by molar-refractivity contribution is 5.66. The summed E-state index contributed by atoms with van der Waals surface area (Å²) in [5.74, 6) is -0.698. The Kier molecular flexibility index (Phi) is 0.926. The van der Waals surface area contributed by atoms with E-state index in [9.17, 15) is 4.79 Å². The van der Waals surface area contributed by atoms with E-state index in [0.29, 0.717) is 0 Å². The van der Waals surface area contributed by atoms with Gasteiger partial charge in [0.1, 0.15) is 0 Å². The quantitative estimate of drug-likeness (QED) is 0.558. The highest BCUT2D eigenvalue weighted by Gasteiger charge is 1.92. The molecule has 0 aliphatic carbocycles. The highest BCUT2D eigenvalue weighted by Crippen LogP contribution is 1.91. The Morgan fingerprint density at radius 2 is 2.62 bits per heavy atom. The lowest BCUT2D eigenvalue weighted by Crippen LogP contribution is -1.92. The molecule has 0 amide bonds. The first-order valence-corrected chi connectivity index (χ1v) is 1.72. The molecule has 2 nitrogen and oxygen atoms in total. The molecule has 0 aromatic rings. The molecule has 1 N–H and O–H groups in total. The number of rotatable bonds is 3. The molecule has 0 unspecified atom stereocenters. The molecule has 0 aliphatic heterocycles. The number of aliphatic carboxylic acids is 1. The Morgan fingerprint density at radius 1 is 2.00 bits per heavy atom. The van der Waals surface area contributed by atoms with Crippen LogP contribution in [0.25, 0.3) is 0 Å². The predicted molar refractivity (Wildman–Crippen MR) is 30.3 cm³/mol. The molecular formula is C6H8O2. The van der Waals surface area contributed by atoms with E-state index in [4.69, 9.17) is 13.3 Å². The molecular weight excluding hydrogens is 104 g/mol. The minimum absolute atomic E-state index is 1.40. The van der Waals surface area contributed by atoms with Crippen molar-refractivity contribution in [3.8, 4) is 12.3 Å². The topological polar surface area (TPSA) is 37.3 Å². The van der Waals surface area contributed by atoms with Crippen LogP contribution >= 0.6 is 0 Å². The molecule has 0 saturated carbocycles. The number of carboxylic acids is 1. The Bertz CT molecular complexity index is 289. The molecule has 0 heterocycles. The van der Waals surface area contributed by atoms with Crippen molar-refractivity contribution >= 4 is 5.97 Å². The fourth-order valence-electron chi connectivity index (χ4n) is 0.121. The van der Waals surface area contributed by atoms with Gasteiger partial charge in [0.05, 0.1) is 0 Å². The van der Waals surface area contributed by atoms with Crippen LogP contribution in [-0.4, -0.2) is 11.1 Å². The smallest absolute Gasteiger partial charge is 0.303 e. The van der Waals surface area contributed by atoms with Gasteiger partial charge in [0.2, 0.25) is 0 Å². The van der Waals surface area contributed by atoms with Crippen molar-refractivity contribution in [2.24, 2.45) is 0 Å². The molecule has 0 aromatic heterocycles. The Hall–Kier alpha value is -0.970. The fourth-order valence-corrected chi connectivity index (χ4v) is 0.121. The van der Waals surface area contributed by atoms with Gasteiger partial charge in [0, 0.05) is 21.0 Å². The summed E-state index contributed by atoms with van der Waals surface area (Å²) in [4.78, 5) is 10.4. The summed E-state index contributed by atoms with van der Waals surface area (Å²) in [6, 6.07) is 0. The Labute approximate surface area is 56.9 Å². The van der Waals surface area contributed by atoms with Gasteiger partial charge in [-0.25, -0.2) is 0 Å². The van der Waals surface area contributed by atoms with Crippen LogP contribution in [0, 0.1) is 12.3 Å². The van der Waals surface area contributed by atoms with Crippen LogP contribution in [0.2, 0.25) is 0 Å². The van der Waals surface area contributed by atoms with Crippen molar-refractivity contribution in [3.05, 3.63) is 0 Å². The van der Waals surface area contributed by atoms with Crippen LogP contribution in [-0.2, 0) is 4.79 Å². The minimum atomic E-state index is -3.39. The molecule has 0 aromatic carbocycles. The van der Waals surface area contributed by atoms with Crippen molar-refractivity contribution in [2.75, 3.05) is 0 Å². The van der Waals surface area contributed by atoms with Crippen molar-refractivity contribution in [1.29, 1.82) is 0 Å². The standard InChI is InChI=1S/C6H8O2/c1-2-3-4-5-6(7)8/h1H,3-5H2,(H,7,8)/i3D2,4D2,5D2. The molecule has 0 bridgehead atoms. The molecule has 0 saturated heterocycles. The van der Waals surface area contributed by atoms with Crippen LogP contribution in [0.1, 0.15) is 27.3 Å². The second-order valence-corrected chi connectivity index (χ2v) is 0.824. The van der Waals surface area contributed by atoms with Gasteiger partial charge in [-0.15, -0.1) is 12.3 Å². The summed E-state index contributed by atoms with van der Waals surface area (Å²) in [7, 11) is 0. The first kappa shape index (κ1) is 1.77. The van der Waals surface area contributed by atoms with Gasteiger partial charge in [-0.1, -0.05) is 0 Å². The lowest BCUT2D eigenvalue weighted by molar-refractivity contribution is -0.137. The average Bonchev–Trinajstić information content (AvgIpc) is 2.03. The summed E-state index contributed by atoms with van der Waals surface area (Å²) >= 11 is 0. The summed E-state index contributed by atoms with van der Waals surface area (Å²) in [5, 5.41) is 8.39. The van der Waals surface area contributed by atoms with E-state index in [0.717, 1.165) is 0 Å². The largest absolute Gasteiger partial charge is 0.481 e. The zero-order chi connectivity index (χ0) is 11.8. The number of terminal acetylenes is 1. The Morgan fingerprint density at radius 3 is 3.00 bits per heavy atom. The maximum absolute atomic E-state index is 10.4. The van der Waals surface area contributed by atoms with E-state index in [1.54, 1.807) is 0 Å². The number of carbonyl (C=O) groups is 1. The molecule has 44 valence electrons. The van der Waals surface area contributed by atoms with Gasteiger partial charge in [-0.05, 0) is 6.37 Å². The first-order chi connectivity index (χ1) is 6.00. The van der Waals surface area contributed by atoms with Gasteiger partial charge in [0.15, 0.2) is 0 Å². The molecule has 8 heavy (non-hydrogen) atoms. The minimum Gasteiger partial charge on any atom is -0.481 e. The zero-order valence-corrected chi connectivity index (χ0v) is 3.93. The first-order valence-electron chi connectivity index (χ1n) is 4.72. The zero-order valence-electron chi connectivity index (χ0n) is 9.93. The van der Waals surface area contributed by atoms with Gasteiger partial charge in [-0.3, -0.25) is 4.79 Å². The lowest BCUT2D eigenvalue weighted by atomic mass is 10.2. The second kappa shape index (κ2) is 4.20. The molecule has 0 atom stereocenters. The maximum Gasteiger partial charge on any atom is 0.303 e. The summed E-state index contributed by atoms with van der Waals surface area (Å²) in [6.07, 6.45) is -5.02. The molecule has 0 spiro atoms. The summed E-state index contributed by atoms with van der Waals surface area (Å²) in [6.45, 7) is 0. The Balaban J connectivity index is 5.38. The number of hydrogen-bond acceptors (Lipinski definition) is 1. The van der Waals surface area contributed by atoms with Gasteiger partial charge in [-0.2, -0.15) is 0 Å². The third-order valence-corrected chi connectivity index (χ3v) is 0.304. The monoisotopic (exact) mass is 118 g/mol. The normalized spacial score (nSPS) is 24.4. The van der Waals surface area contributed by atoms with Crippen LogP contribution in [0.3, 0.4) is 0 Å². The molecule has 0 fully saturated rings. The third-order valence-electron chi connectivity index (χ3n) is 0.304. The maximum atomic E-state index is 10.4. The third kappa shape index (κ3) is 5.03. The second-order valence-electron chi connectivity index (χ2n) is 0.824. The van der Waals surface area contributed by atoms with E-state index in [1.165, 1.54) is 5.92 Å². The molecule has 0 rings (SSSR count). The number of hydrogen-bond donors (Lipinski definition) is 1. The van der Waals surface area contributed by atoms with Gasteiger partial charge >= 0.3 is 5.97 Å². The molecule has 2 heteroatoms. The van der Waals surface area contributed by atoms with Gasteiger partial charge < -0.3 is 5.11 Å². The van der Waals surface area contributed by atoms with Crippen molar-refractivity contribution in [2.45, 2.75) is 19.1 Å². The van der Waals surface area contributed by atoms with Gasteiger partial charge in [0.25, 0.3) is 0 Å². The van der Waals surface area contributed by atoms with E-state index in [1.807, 2.05) is 0 Å². The SMILES string of the molecule is [2H]C([2H])(C#C)C([2H])([2H])C([2H])([2H])C(=O)O. The molecule has 0 aliphatic rings. The summed E-state index contributed by atoms with van der Waals surface area (Å²) in [5.41, 5.74) is 0. The van der Waals surface area contributed by atoms with Crippen LogP contribution in [0.5, 0.6) is 0 Å². The van der Waals surface area contributed by atoms with Crippen LogP contribution in [0.15, 0.2) is 0 Å². The van der Waals surface area contributed by atoms with E-state index in [-0.39, 0.29) is 0 Å². The van der Waals surface area contributed by atoms with E-state index >= 15 is 0 Å². The fraction of sp³-hybridized carbons (Fsp3) is 0.500. The average molecular weight is 118 g/mol. The predicted octanol–water partition coefficient (Wildman–Crippen LogP) is 0.874. The van der Waals surface area contributed by atoms with Crippen molar-refractivity contribution < 1.29 is 18.1 Å². The van der Waals surface area contributed by atoms with Crippen LogP contribution < -0.4 is 0 Å². The summed E-state index contributed by atoms with van der Waals surface area (Å²) < 4.78 is 41.9.